The number of H-pyrrole nitrogens is 1. The van der Waals surface area contributed by atoms with Crippen molar-refractivity contribution < 1.29 is 14.3 Å². The van der Waals surface area contributed by atoms with Gasteiger partial charge in [0.05, 0.1) is 11.1 Å². The first-order valence-corrected chi connectivity index (χ1v) is 9.93. The van der Waals surface area contributed by atoms with Crippen LogP contribution in [0.4, 0.5) is 10.6 Å². The Balaban J connectivity index is 1.55. The van der Waals surface area contributed by atoms with Crippen LogP contribution >= 0.6 is 11.3 Å². The summed E-state index contributed by atoms with van der Waals surface area (Å²) in [5.41, 5.74) is 6.50. The Hall–Kier alpha value is -3.85. The van der Waals surface area contributed by atoms with E-state index in [1.165, 1.54) is 17.5 Å². The number of nitrogens with zero attached hydrogens (tertiary/aromatic N) is 1. The number of amidine groups is 1. The second-order valence-electron chi connectivity index (χ2n) is 6.40. The van der Waals surface area contributed by atoms with Gasteiger partial charge in [-0.2, -0.15) is 5.10 Å². The van der Waals surface area contributed by atoms with E-state index in [9.17, 15) is 4.79 Å². The van der Waals surface area contributed by atoms with Crippen molar-refractivity contribution in [2.24, 2.45) is 5.73 Å². The summed E-state index contributed by atoms with van der Waals surface area (Å²) in [6.07, 6.45) is 0.392. The topological polar surface area (TPSA) is 126 Å². The van der Waals surface area contributed by atoms with Gasteiger partial charge in [-0.1, -0.05) is 36.4 Å². The summed E-state index contributed by atoms with van der Waals surface area (Å²) >= 11 is 1.43. The minimum absolute atomic E-state index is 0.00404. The zero-order valence-corrected chi connectivity index (χ0v) is 16.6. The van der Waals surface area contributed by atoms with Gasteiger partial charge < -0.3 is 15.2 Å². The third kappa shape index (κ3) is 4.41. The Bertz CT molecular complexity index is 1160. The second kappa shape index (κ2) is 8.66. The van der Waals surface area contributed by atoms with Gasteiger partial charge in [0.25, 0.3) is 0 Å². The van der Waals surface area contributed by atoms with Gasteiger partial charge in [-0.15, -0.1) is 11.3 Å². The van der Waals surface area contributed by atoms with Crippen molar-refractivity contribution in [3.63, 3.8) is 0 Å². The number of fused-ring (bicyclic) bond motifs is 1. The molecule has 0 saturated heterocycles. The molecule has 0 saturated carbocycles. The van der Waals surface area contributed by atoms with Crippen molar-refractivity contribution in [1.29, 1.82) is 5.41 Å². The largest absolute Gasteiger partial charge is 0.481 e. The summed E-state index contributed by atoms with van der Waals surface area (Å²) in [5, 5.41) is 17.5. The molecule has 8 nitrogen and oxygen atoms in total. The lowest BCUT2D eigenvalue weighted by molar-refractivity contribution is 0.0909. The average Bonchev–Trinajstić information content (AvgIpc) is 3.42. The molecule has 4 aromatic rings. The van der Waals surface area contributed by atoms with Gasteiger partial charge in [-0.3, -0.25) is 15.8 Å². The molecule has 152 valence electrons. The molecule has 9 heteroatoms. The molecule has 1 atom stereocenters. The van der Waals surface area contributed by atoms with Crippen LogP contribution in [0.5, 0.6) is 5.75 Å². The standard InChI is InChI=1S/C21H19N5O3S/c22-20(23)18-11-14-15(7-4-8-17(14)30-18)29-16(13-5-2-1-3-6-13)12-28-21(27)25-19-9-10-24-26-19/h1-11,16H,12H2,(H3,22,23)(H2,24,25,26,27). The Kier molecular flexibility index (Phi) is 5.62. The molecule has 0 spiro atoms. The summed E-state index contributed by atoms with van der Waals surface area (Å²) in [5.74, 6) is 1.08. The first-order chi connectivity index (χ1) is 14.6. The molecular weight excluding hydrogens is 402 g/mol. The number of thiophene rings is 1. The molecule has 1 unspecified atom stereocenters. The van der Waals surface area contributed by atoms with Crippen LogP contribution in [0.25, 0.3) is 10.1 Å². The van der Waals surface area contributed by atoms with E-state index in [1.807, 2.05) is 54.6 Å². The minimum atomic E-state index is -0.614. The maximum Gasteiger partial charge on any atom is 0.412 e. The molecule has 2 aromatic carbocycles. The smallest absolute Gasteiger partial charge is 0.412 e. The highest BCUT2D eigenvalue weighted by molar-refractivity contribution is 7.20. The number of aromatic nitrogens is 2. The molecule has 0 fully saturated rings. The lowest BCUT2D eigenvalue weighted by Crippen LogP contribution is -2.21. The van der Waals surface area contributed by atoms with Crippen LogP contribution in [0.2, 0.25) is 0 Å². The fraction of sp³-hybridized carbons (Fsp3) is 0.0952. The van der Waals surface area contributed by atoms with Gasteiger partial charge in [0, 0.05) is 16.2 Å². The number of nitrogens with two attached hydrogens (primary N) is 1. The summed E-state index contributed by atoms with van der Waals surface area (Å²) < 4.78 is 12.6. The van der Waals surface area contributed by atoms with Crippen molar-refractivity contribution in [3.8, 4) is 5.75 Å². The van der Waals surface area contributed by atoms with Gasteiger partial charge >= 0.3 is 6.09 Å². The van der Waals surface area contributed by atoms with Crippen molar-refractivity contribution in [3.05, 3.63) is 77.3 Å². The monoisotopic (exact) mass is 421 g/mol. The molecule has 2 aromatic heterocycles. The summed E-state index contributed by atoms with van der Waals surface area (Å²) in [6.45, 7) is 0.00404. The van der Waals surface area contributed by atoms with Gasteiger partial charge in [0.15, 0.2) is 6.10 Å². The Labute approximate surface area is 176 Å². The molecule has 4 rings (SSSR count). The number of hydrogen-bond acceptors (Lipinski definition) is 6. The molecule has 0 aliphatic carbocycles. The highest BCUT2D eigenvalue weighted by Gasteiger charge is 2.19. The predicted molar refractivity (Wildman–Crippen MR) is 116 cm³/mol. The Morgan fingerprint density at radius 1 is 1.20 bits per heavy atom. The Morgan fingerprint density at radius 3 is 2.77 bits per heavy atom. The maximum atomic E-state index is 12.1. The van der Waals surface area contributed by atoms with Gasteiger partial charge in [0.2, 0.25) is 0 Å². The van der Waals surface area contributed by atoms with Crippen LogP contribution in [-0.4, -0.2) is 28.7 Å². The SMILES string of the molecule is N=C(N)c1cc2c(OC(COC(=O)Nc3ccn[nH]3)c3ccccc3)cccc2s1. The maximum absolute atomic E-state index is 12.1. The number of anilines is 1. The first-order valence-electron chi connectivity index (χ1n) is 9.12. The molecule has 2 heterocycles. The fourth-order valence-corrected chi connectivity index (χ4v) is 3.85. The zero-order valence-electron chi connectivity index (χ0n) is 15.8. The molecular formula is C21H19N5O3S. The highest BCUT2D eigenvalue weighted by Crippen LogP contribution is 2.35. The van der Waals surface area contributed by atoms with Crippen molar-refractivity contribution >= 4 is 39.2 Å². The number of ether oxygens (including phenoxy) is 2. The lowest BCUT2D eigenvalue weighted by atomic mass is 10.1. The summed E-state index contributed by atoms with van der Waals surface area (Å²) in [6, 6.07) is 18.7. The van der Waals surface area contributed by atoms with E-state index in [4.69, 9.17) is 20.6 Å². The van der Waals surface area contributed by atoms with E-state index in [0.29, 0.717) is 16.4 Å². The molecule has 0 radical (unpaired) electrons. The van der Waals surface area contributed by atoms with E-state index in [1.54, 1.807) is 6.07 Å². The molecule has 5 N–H and O–H groups in total. The van der Waals surface area contributed by atoms with Crippen LogP contribution in [0.3, 0.4) is 0 Å². The Morgan fingerprint density at radius 2 is 2.03 bits per heavy atom. The van der Waals surface area contributed by atoms with Gasteiger partial charge in [0.1, 0.15) is 24.0 Å². The van der Waals surface area contributed by atoms with Gasteiger partial charge in [-0.25, -0.2) is 4.79 Å². The number of hydrogen-bond donors (Lipinski definition) is 4. The second-order valence-corrected chi connectivity index (χ2v) is 7.49. The third-order valence-electron chi connectivity index (χ3n) is 4.33. The normalized spacial score (nSPS) is 11.7. The minimum Gasteiger partial charge on any atom is -0.481 e. The zero-order chi connectivity index (χ0) is 20.9. The van der Waals surface area contributed by atoms with Crippen LogP contribution < -0.4 is 15.8 Å². The van der Waals surface area contributed by atoms with Crippen LogP contribution in [0.1, 0.15) is 16.5 Å². The number of carbonyl (C=O) groups is 1. The molecule has 30 heavy (non-hydrogen) atoms. The molecule has 0 aliphatic rings. The molecule has 1 amide bonds. The van der Waals surface area contributed by atoms with Crippen LogP contribution in [0.15, 0.2) is 66.9 Å². The molecule has 0 bridgehead atoms. The number of carbonyl (C=O) groups excluding carboxylic acids is 1. The summed E-state index contributed by atoms with van der Waals surface area (Å²) in [4.78, 5) is 12.8. The number of nitrogens with one attached hydrogen (secondary N) is 3. The number of benzene rings is 2. The lowest BCUT2D eigenvalue weighted by Gasteiger charge is -2.20. The van der Waals surface area contributed by atoms with E-state index in [2.05, 4.69) is 15.5 Å². The average molecular weight is 421 g/mol. The third-order valence-corrected chi connectivity index (χ3v) is 5.46. The van der Waals surface area contributed by atoms with Gasteiger partial charge in [-0.05, 0) is 23.8 Å². The van der Waals surface area contributed by atoms with Crippen molar-refractivity contribution in [2.45, 2.75) is 6.10 Å². The number of rotatable bonds is 7. The molecule has 0 aliphatic heterocycles. The predicted octanol–water partition coefficient (Wildman–Crippen LogP) is 4.28. The van der Waals surface area contributed by atoms with Crippen LogP contribution in [0, 0.1) is 5.41 Å². The highest BCUT2D eigenvalue weighted by atomic mass is 32.1. The van der Waals surface area contributed by atoms with Crippen LogP contribution in [-0.2, 0) is 4.74 Å². The fourth-order valence-electron chi connectivity index (χ4n) is 2.91. The summed E-state index contributed by atoms with van der Waals surface area (Å²) in [7, 11) is 0. The van der Waals surface area contributed by atoms with E-state index < -0.39 is 12.2 Å². The number of amides is 1. The first kappa shape index (κ1) is 19.5. The van der Waals surface area contributed by atoms with Crippen molar-refractivity contribution in [2.75, 3.05) is 11.9 Å². The van der Waals surface area contributed by atoms with E-state index in [-0.39, 0.29) is 12.4 Å². The quantitative estimate of drug-likeness (QED) is 0.262. The number of nitrogen functional groups attached to an aromatic ring is 1. The van der Waals surface area contributed by atoms with Crippen molar-refractivity contribution in [1.82, 2.24) is 10.2 Å². The number of aromatic amines is 1. The van der Waals surface area contributed by atoms with E-state index in [0.717, 1.165) is 15.6 Å². The van der Waals surface area contributed by atoms with E-state index >= 15 is 0 Å².